The Balaban J connectivity index is 1.38. The maximum Gasteiger partial charge on any atom is 0.289 e. The minimum absolute atomic E-state index is 0.0578. The number of benzene rings is 3. The molecular formula is C32H21Cl2N3O5S. The van der Waals surface area contributed by atoms with Crippen LogP contribution in [0.2, 0.25) is 10.0 Å². The van der Waals surface area contributed by atoms with E-state index in [1.165, 1.54) is 29.0 Å². The third-order valence-corrected chi connectivity index (χ3v) is 9.30. The van der Waals surface area contributed by atoms with E-state index >= 15 is 0 Å². The number of allylic oxidation sites excluding steroid dienone is 1. The quantitative estimate of drug-likeness (QED) is 0.157. The predicted octanol–water partition coefficient (Wildman–Crippen LogP) is 6.80. The van der Waals surface area contributed by atoms with Gasteiger partial charge in [-0.1, -0.05) is 77.0 Å². The van der Waals surface area contributed by atoms with Gasteiger partial charge in [0.25, 0.3) is 11.2 Å². The highest BCUT2D eigenvalue weighted by Gasteiger charge is 2.34. The minimum Gasteiger partial charge on any atom is -0.496 e. The lowest BCUT2D eigenvalue weighted by molar-refractivity contribution is -0.384. The first-order chi connectivity index (χ1) is 20.8. The van der Waals surface area contributed by atoms with Gasteiger partial charge >= 0.3 is 0 Å². The number of ether oxygens (including phenoxy) is 1. The van der Waals surface area contributed by atoms with Crippen molar-refractivity contribution in [3.63, 3.8) is 0 Å². The second kappa shape index (κ2) is 10.7. The van der Waals surface area contributed by atoms with Crippen molar-refractivity contribution in [1.29, 1.82) is 0 Å². The molecule has 2 aromatic heterocycles. The summed E-state index contributed by atoms with van der Waals surface area (Å²) in [4.78, 5) is 30.3. The third kappa shape index (κ3) is 4.60. The second-order valence-electron chi connectivity index (χ2n) is 10.1. The summed E-state index contributed by atoms with van der Waals surface area (Å²) in [5, 5.41) is 11.3. The number of nitrogens with zero attached hydrogens (tertiary/aromatic N) is 3. The zero-order valence-electron chi connectivity index (χ0n) is 22.5. The highest BCUT2D eigenvalue weighted by Crippen LogP contribution is 2.43. The maximum absolute atomic E-state index is 14.1. The van der Waals surface area contributed by atoms with Gasteiger partial charge in [-0.2, -0.15) is 0 Å². The first-order valence-corrected chi connectivity index (χ1v) is 14.9. The molecule has 0 saturated carbocycles. The molecule has 1 aliphatic heterocycles. The normalized spacial score (nSPS) is 15.9. The number of aromatic nitrogens is 1. The molecule has 0 bridgehead atoms. The average molecular weight is 631 g/mol. The molecule has 43 heavy (non-hydrogen) atoms. The molecule has 0 saturated heterocycles. The van der Waals surface area contributed by atoms with Crippen molar-refractivity contribution >= 4 is 52.0 Å². The summed E-state index contributed by atoms with van der Waals surface area (Å²) in [6.07, 6.45) is 3.29. The Bertz CT molecular complexity index is 2180. The number of nitro benzene ring substituents is 1. The van der Waals surface area contributed by atoms with E-state index in [0.717, 1.165) is 35.2 Å². The molecule has 2 aliphatic rings. The smallest absolute Gasteiger partial charge is 0.289 e. The van der Waals surface area contributed by atoms with E-state index in [4.69, 9.17) is 37.3 Å². The third-order valence-electron chi connectivity index (χ3n) is 7.71. The Kier molecular flexibility index (Phi) is 6.80. The van der Waals surface area contributed by atoms with Crippen molar-refractivity contribution in [1.82, 2.24) is 4.57 Å². The van der Waals surface area contributed by atoms with Gasteiger partial charge in [-0.05, 0) is 48.2 Å². The molecule has 7 rings (SSSR count). The van der Waals surface area contributed by atoms with E-state index in [1.54, 1.807) is 29.9 Å². The number of fused-ring (bicyclic) bond motifs is 3. The van der Waals surface area contributed by atoms with E-state index in [0.29, 0.717) is 32.2 Å². The molecule has 214 valence electrons. The van der Waals surface area contributed by atoms with Crippen molar-refractivity contribution in [2.45, 2.75) is 18.9 Å². The Morgan fingerprint density at radius 2 is 1.84 bits per heavy atom. The molecule has 0 unspecified atom stereocenters. The molecule has 8 nitrogen and oxygen atoms in total. The number of hydrogen-bond acceptors (Lipinski definition) is 7. The molecule has 5 aromatic rings. The van der Waals surface area contributed by atoms with Gasteiger partial charge in [-0.3, -0.25) is 19.5 Å². The van der Waals surface area contributed by atoms with Crippen LogP contribution in [0, 0.1) is 10.1 Å². The summed E-state index contributed by atoms with van der Waals surface area (Å²) in [7, 11) is 1.63. The van der Waals surface area contributed by atoms with Crippen molar-refractivity contribution in [3.05, 3.63) is 141 Å². The standard InChI is InChI=1S/C32H21Cl2N3O5S/c1-41-26-9-5-4-8-20(26)30-21-12-10-17-6-2-3-7-19(17)29(21)35-32-36(30)31(38)28(43-32)14-18-11-13-27(42-18)22-15-24(34)25(37(39)40)16-23(22)33/h2-9,11,13-16,30H,10,12H2,1H3/b28-14-/t30-/m1/s1. The molecular weight excluding hydrogens is 609 g/mol. The summed E-state index contributed by atoms with van der Waals surface area (Å²) in [5.41, 5.74) is 5.09. The number of hydrogen-bond donors (Lipinski definition) is 0. The van der Waals surface area contributed by atoms with Crippen molar-refractivity contribution in [2.24, 2.45) is 4.99 Å². The van der Waals surface area contributed by atoms with Gasteiger partial charge in [0.2, 0.25) is 0 Å². The van der Waals surface area contributed by atoms with Gasteiger partial charge in [-0.15, -0.1) is 0 Å². The summed E-state index contributed by atoms with van der Waals surface area (Å²) in [6, 6.07) is 21.6. The monoisotopic (exact) mass is 629 g/mol. The van der Waals surface area contributed by atoms with Crippen LogP contribution in [0.3, 0.4) is 0 Å². The molecule has 3 aromatic carbocycles. The zero-order valence-corrected chi connectivity index (χ0v) is 24.9. The highest BCUT2D eigenvalue weighted by molar-refractivity contribution is 7.07. The van der Waals surface area contributed by atoms with Crippen molar-refractivity contribution in [3.8, 4) is 17.1 Å². The SMILES string of the molecule is COc1ccccc1[C@@H]1C2=C(N=c3s/c(=C\c4ccc(-c5cc(Cl)c([N+](=O)[O-])cc5Cl)o4)c(=O)n31)c1ccccc1CC2. The van der Waals surface area contributed by atoms with Crippen LogP contribution in [0.25, 0.3) is 23.1 Å². The highest BCUT2D eigenvalue weighted by atomic mass is 35.5. The number of rotatable bonds is 5. The number of methoxy groups -OCH3 is 1. The van der Waals surface area contributed by atoms with Crippen LogP contribution in [0.1, 0.15) is 34.9 Å². The number of halogens is 2. The fourth-order valence-corrected chi connectivity index (χ4v) is 7.23. The molecule has 0 spiro atoms. The van der Waals surface area contributed by atoms with Gasteiger partial charge in [0, 0.05) is 28.8 Å². The van der Waals surface area contributed by atoms with E-state index in [-0.39, 0.29) is 27.3 Å². The Morgan fingerprint density at radius 1 is 1.05 bits per heavy atom. The van der Waals surface area contributed by atoms with Crippen LogP contribution in [-0.4, -0.2) is 16.6 Å². The summed E-state index contributed by atoms with van der Waals surface area (Å²) in [5.74, 6) is 1.47. The summed E-state index contributed by atoms with van der Waals surface area (Å²) >= 11 is 13.7. The lowest BCUT2D eigenvalue weighted by Crippen LogP contribution is -2.38. The lowest BCUT2D eigenvalue weighted by Gasteiger charge is -2.31. The van der Waals surface area contributed by atoms with E-state index in [2.05, 4.69) is 12.1 Å². The topological polar surface area (TPSA) is 99.9 Å². The Hall–Kier alpha value is -4.44. The minimum atomic E-state index is -0.597. The van der Waals surface area contributed by atoms with Gasteiger partial charge in [0.1, 0.15) is 22.3 Å². The van der Waals surface area contributed by atoms with Gasteiger partial charge < -0.3 is 9.15 Å². The molecule has 0 amide bonds. The second-order valence-corrected chi connectivity index (χ2v) is 11.9. The van der Waals surface area contributed by atoms with Crippen LogP contribution >= 0.6 is 34.5 Å². The number of nitro groups is 1. The van der Waals surface area contributed by atoms with Crippen LogP contribution in [0.5, 0.6) is 5.75 Å². The summed E-state index contributed by atoms with van der Waals surface area (Å²) < 4.78 is 14.0. The van der Waals surface area contributed by atoms with E-state index in [9.17, 15) is 14.9 Å². The number of furan rings is 1. The predicted molar refractivity (Wildman–Crippen MR) is 167 cm³/mol. The molecule has 0 N–H and O–H groups in total. The van der Waals surface area contributed by atoms with Crippen LogP contribution in [0.15, 0.2) is 92.6 Å². The summed E-state index contributed by atoms with van der Waals surface area (Å²) in [6.45, 7) is 0. The van der Waals surface area contributed by atoms with Crippen LogP contribution in [-0.2, 0) is 6.42 Å². The van der Waals surface area contributed by atoms with Gasteiger partial charge in [-0.25, -0.2) is 4.99 Å². The Morgan fingerprint density at radius 3 is 2.65 bits per heavy atom. The average Bonchev–Trinajstić information content (AvgIpc) is 3.60. The maximum atomic E-state index is 14.1. The molecule has 0 fully saturated rings. The number of thiazole rings is 1. The fourth-order valence-electron chi connectivity index (χ4n) is 5.76. The van der Waals surface area contributed by atoms with Crippen LogP contribution in [0.4, 0.5) is 5.69 Å². The number of para-hydroxylation sites is 1. The van der Waals surface area contributed by atoms with Crippen molar-refractivity contribution in [2.75, 3.05) is 7.11 Å². The molecule has 1 aliphatic carbocycles. The molecule has 3 heterocycles. The van der Waals surface area contributed by atoms with Gasteiger partial charge in [0.15, 0.2) is 4.80 Å². The van der Waals surface area contributed by atoms with E-state index in [1.807, 2.05) is 36.4 Å². The van der Waals surface area contributed by atoms with Gasteiger partial charge in [0.05, 0.1) is 33.3 Å². The van der Waals surface area contributed by atoms with E-state index < -0.39 is 4.92 Å². The first kappa shape index (κ1) is 27.4. The lowest BCUT2D eigenvalue weighted by atomic mass is 9.83. The molecule has 0 radical (unpaired) electrons. The fraction of sp³-hybridized carbons (Fsp3) is 0.125. The number of aryl methyl sites for hydroxylation is 1. The van der Waals surface area contributed by atoms with Crippen LogP contribution < -0.4 is 19.6 Å². The molecule has 1 atom stereocenters. The largest absolute Gasteiger partial charge is 0.496 e. The zero-order chi connectivity index (χ0) is 29.8. The Labute approximate surface area is 258 Å². The van der Waals surface area contributed by atoms with Crippen molar-refractivity contribution < 1.29 is 14.1 Å². The first-order valence-electron chi connectivity index (χ1n) is 13.3. The molecule has 11 heteroatoms.